The average molecular weight is 241 g/mol. The molecule has 1 aromatic carbocycles. The lowest BCUT2D eigenvalue weighted by molar-refractivity contribution is 0.313. The first-order chi connectivity index (χ1) is 7.81. The Balaban J connectivity index is 2.72. The Labute approximate surface area is 101 Å². The van der Waals surface area contributed by atoms with Crippen molar-refractivity contribution in [1.82, 2.24) is 0 Å². The van der Waals surface area contributed by atoms with Crippen molar-refractivity contribution in [2.45, 2.75) is 6.42 Å². The van der Waals surface area contributed by atoms with Gasteiger partial charge in [-0.15, -0.1) is 0 Å². The van der Waals surface area contributed by atoms with Crippen LogP contribution in [0.2, 0.25) is 0 Å². The first-order valence-electron chi connectivity index (χ1n) is 5.30. The molecule has 0 aliphatic carbocycles. The topological polar surface area (TPSA) is 44.5 Å². The van der Waals surface area contributed by atoms with Gasteiger partial charge in [-0.3, -0.25) is 0 Å². The molecule has 0 bridgehead atoms. The van der Waals surface area contributed by atoms with Crippen LogP contribution in [-0.2, 0) is 6.42 Å². The summed E-state index contributed by atoms with van der Waals surface area (Å²) in [6.07, 6.45) is 2.92. The van der Waals surface area contributed by atoms with Gasteiger partial charge in [0.05, 0.1) is 13.7 Å². The molecule has 0 spiro atoms. The highest BCUT2D eigenvalue weighted by Gasteiger charge is 2.05. The monoisotopic (exact) mass is 241 g/mol. The molecule has 90 valence electrons. The maximum atomic E-state index is 5.67. The van der Waals surface area contributed by atoms with Crippen LogP contribution in [0.5, 0.6) is 11.5 Å². The van der Waals surface area contributed by atoms with Gasteiger partial charge in [-0.1, -0.05) is 6.07 Å². The first-order valence-corrected chi connectivity index (χ1v) is 6.70. The third-order valence-electron chi connectivity index (χ3n) is 2.21. The van der Waals surface area contributed by atoms with Crippen molar-refractivity contribution in [2.24, 2.45) is 5.73 Å². The number of rotatable bonds is 7. The fraction of sp³-hybridized carbons (Fsp3) is 0.500. The van der Waals surface area contributed by atoms with Crippen LogP contribution in [0.25, 0.3) is 0 Å². The second kappa shape index (κ2) is 7.41. The van der Waals surface area contributed by atoms with Crippen LogP contribution in [0.1, 0.15) is 5.56 Å². The van der Waals surface area contributed by atoms with Gasteiger partial charge < -0.3 is 15.2 Å². The first kappa shape index (κ1) is 13.2. The summed E-state index contributed by atoms with van der Waals surface area (Å²) in [5.41, 5.74) is 6.71. The second-order valence-electron chi connectivity index (χ2n) is 3.37. The summed E-state index contributed by atoms with van der Waals surface area (Å²) in [6.45, 7) is 1.35. The molecule has 0 amide bonds. The predicted octanol–water partition coefficient (Wildman–Crippen LogP) is 1.94. The van der Waals surface area contributed by atoms with Crippen molar-refractivity contribution < 1.29 is 9.47 Å². The highest BCUT2D eigenvalue weighted by molar-refractivity contribution is 7.98. The molecule has 0 fully saturated rings. The van der Waals surface area contributed by atoms with E-state index in [1.54, 1.807) is 18.9 Å². The van der Waals surface area contributed by atoms with Crippen LogP contribution >= 0.6 is 11.8 Å². The van der Waals surface area contributed by atoms with Crippen LogP contribution in [0, 0.1) is 0 Å². The van der Waals surface area contributed by atoms with Gasteiger partial charge in [0, 0.05) is 5.75 Å². The molecule has 3 nitrogen and oxygen atoms in total. The van der Waals surface area contributed by atoms with E-state index < -0.39 is 0 Å². The molecular weight excluding hydrogens is 222 g/mol. The van der Waals surface area contributed by atoms with E-state index in [-0.39, 0.29) is 0 Å². The van der Waals surface area contributed by atoms with Crippen molar-refractivity contribution >= 4 is 11.8 Å². The van der Waals surface area contributed by atoms with E-state index >= 15 is 0 Å². The average Bonchev–Trinajstić information content (AvgIpc) is 2.30. The Morgan fingerprint density at radius 1 is 1.31 bits per heavy atom. The zero-order valence-corrected chi connectivity index (χ0v) is 10.7. The van der Waals surface area contributed by atoms with Gasteiger partial charge >= 0.3 is 0 Å². The molecule has 0 aliphatic rings. The standard InChI is InChI=1S/C12H19NO2S/c1-14-11-4-3-10(5-6-13)9-12(11)15-7-8-16-2/h3-4,9H,5-8,13H2,1-2H3. The van der Waals surface area contributed by atoms with Gasteiger partial charge in [-0.2, -0.15) is 11.8 Å². The molecule has 0 radical (unpaired) electrons. The molecule has 0 saturated heterocycles. The Hall–Kier alpha value is -0.870. The molecule has 16 heavy (non-hydrogen) atoms. The summed E-state index contributed by atoms with van der Waals surface area (Å²) in [4.78, 5) is 0. The van der Waals surface area contributed by atoms with Crippen LogP contribution in [0.15, 0.2) is 18.2 Å². The minimum atomic E-state index is 0.649. The highest BCUT2D eigenvalue weighted by Crippen LogP contribution is 2.28. The zero-order chi connectivity index (χ0) is 11.8. The number of hydrogen-bond donors (Lipinski definition) is 1. The van der Waals surface area contributed by atoms with Crippen LogP contribution in [-0.4, -0.2) is 32.3 Å². The fourth-order valence-electron chi connectivity index (χ4n) is 1.39. The van der Waals surface area contributed by atoms with Gasteiger partial charge in [-0.25, -0.2) is 0 Å². The number of nitrogens with two attached hydrogens (primary N) is 1. The molecule has 1 aromatic rings. The number of benzene rings is 1. The largest absolute Gasteiger partial charge is 0.493 e. The lowest BCUT2D eigenvalue weighted by Gasteiger charge is -2.11. The maximum Gasteiger partial charge on any atom is 0.161 e. The predicted molar refractivity (Wildman–Crippen MR) is 69.6 cm³/mol. The van der Waals surface area contributed by atoms with Crippen molar-refractivity contribution in [1.29, 1.82) is 0 Å². The molecule has 0 heterocycles. The third-order valence-corrected chi connectivity index (χ3v) is 2.78. The Kier molecular flexibility index (Phi) is 6.11. The maximum absolute atomic E-state index is 5.67. The molecule has 4 heteroatoms. The highest BCUT2D eigenvalue weighted by atomic mass is 32.2. The Morgan fingerprint density at radius 3 is 2.75 bits per heavy atom. The van der Waals surface area contributed by atoms with Crippen LogP contribution in [0.4, 0.5) is 0 Å². The summed E-state index contributed by atoms with van der Waals surface area (Å²) >= 11 is 1.76. The summed E-state index contributed by atoms with van der Waals surface area (Å²) in [7, 11) is 1.65. The molecule has 0 atom stereocenters. The van der Waals surface area contributed by atoms with E-state index in [1.807, 2.05) is 18.2 Å². The van der Waals surface area contributed by atoms with Gasteiger partial charge in [0.1, 0.15) is 0 Å². The summed E-state index contributed by atoms with van der Waals surface area (Å²) < 4.78 is 10.9. The van der Waals surface area contributed by atoms with Crippen molar-refractivity contribution in [3.05, 3.63) is 23.8 Å². The van der Waals surface area contributed by atoms with Gasteiger partial charge in [0.2, 0.25) is 0 Å². The summed E-state index contributed by atoms with van der Waals surface area (Å²) in [5, 5.41) is 0. The third kappa shape index (κ3) is 3.94. The molecule has 0 aromatic heterocycles. The van der Waals surface area contributed by atoms with E-state index in [4.69, 9.17) is 15.2 Å². The van der Waals surface area contributed by atoms with Crippen LogP contribution in [0.3, 0.4) is 0 Å². The molecule has 2 N–H and O–H groups in total. The molecule has 0 saturated carbocycles. The number of hydrogen-bond acceptors (Lipinski definition) is 4. The number of thioether (sulfide) groups is 1. The molecule has 1 rings (SSSR count). The normalized spacial score (nSPS) is 10.2. The van der Waals surface area contributed by atoms with E-state index in [2.05, 4.69) is 6.26 Å². The Morgan fingerprint density at radius 2 is 2.12 bits per heavy atom. The molecule has 0 unspecified atom stereocenters. The Bertz CT molecular complexity index is 318. The zero-order valence-electron chi connectivity index (χ0n) is 9.86. The second-order valence-corrected chi connectivity index (χ2v) is 4.35. The summed E-state index contributed by atoms with van der Waals surface area (Å²) in [5.74, 6) is 2.56. The minimum absolute atomic E-state index is 0.649. The van der Waals surface area contributed by atoms with Crippen molar-refractivity contribution in [3.63, 3.8) is 0 Å². The smallest absolute Gasteiger partial charge is 0.161 e. The molecular formula is C12H19NO2S. The van der Waals surface area contributed by atoms with E-state index in [1.165, 1.54) is 5.56 Å². The van der Waals surface area contributed by atoms with Crippen LogP contribution < -0.4 is 15.2 Å². The molecule has 0 aliphatic heterocycles. The van der Waals surface area contributed by atoms with E-state index in [0.717, 1.165) is 23.7 Å². The van der Waals surface area contributed by atoms with Gasteiger partial charge in [0.25, 0.3) is 0 Å². The quantitative estimate of drug-likeness (QED) is 0.741. The van der Waals surface area contributed by atoms with Gasteiger partial charge in [-0.05, 0) is 36.9 Å². The lowest BCUT2D eigenvalue weighted by Crippen LogP contribution is -2.05. The number of methoxy groups -OCH3 is 1. The minimum Gasteiger partial charge on any atom is -0.493 e. The van der Waals surface area contributed by atoms with E-state index in [9.17, 15) is 0 Å². The lowest BCUT2D eigenvalue weighted by atomic mass is 10.1. The fourth-order valence-corrected chi connectivity index (χ4v) is 1.64. The SMILES string of the molecule is COc1ccc(CCN)cc1OCCSC. The van der Waals surface area contributed by atoms with E-state index in [0.29, 0.717) is 13.2 Å². The van der Waals surface area contributed by atoms with Gasteiger partial charge in [0.15, 0.2) is 11.5 Å². The summed E-state index contributed by atoms with van der Waals surface area (Å²) in [6, 6.07) is 5.96. The van der Waals surface area contributed by atoms with Crippen molar-refractivity contribution in [2.75, 3.05) is 32.3 Å². The number of ether oxygens (including phenoxy) is 2. The van der Waals surface area contributed by atoms with Crippen molar-refractivity contribution in [3.8, 4) is 11.5 Å².